The van der Waals surface area contributed by atoms with Gasteiger partial charge in [-0.05, 0) is 18.8 Å². The molecule has 8 heavy (non-hydrogen) atoms. The van der Waals surface area contributed by atoms with Crippen molar-refractivity contribution in [2.45, 2.75) is 25.4 Å². The van der Waals surface area contributed by atoms with Crippen LogP contribution in [0.4, 0.5) is 0 Å². The summed E-state index contributed by atoms with van der Waals surface area (Å²) in [5, 5.41) is 8.94. The second kappa shape index (κ2) is 2.19. The summed E-state index contributed by atoms with van der Waals surface area (Å²) >= 11 is 0. The molecule has 0 saturated heterocycles. The van der Waals surface area contributed by atoms with E-state index in [0.717, 1.165) is 12.8 Å². The molecule has 0 aromatic rings. The molecule has 44 valence electrons. The summed E-state index contributed by atoms with van der Waals surface area (Å²) in [7, 11) is 0. The van der Waals surface area contributed by atoms with Crippen LogP contribution in [0.25, 0.3) is 0 Å². The number of terminal acetylenes is 1. The highest BCUT2D eigenvalue weighted by Crippen LogP contribution is 2.28. The summed E-state index contributed by atoms with van der Waals surface area (Å²) in [5.74, 6) is 2.74. The van der Waals surface area contributed by atoms with Crippen LogP contribution in [-0.4, -0.2) is 11.2 Å². The SMILES string of the molecule is C#CC(O)C1CCC1. The van der Waals surface area contributed by atoms with Crippen molar-refractivity contribution < 1.29 is 5.11 Å². The molecule has 1 rings (SSSR count). The summed E-state index contributed by atoms with van der Waals surface area (Å²) in [5.41, 5.74) is 0. The first-order valence-corrected chi connectivity index (χ1v) is 2.99. The van der Waals surface area contributed by atoms with Crippen molar-refractivity contribution in [3.63, 3.8) is 0 Å². The van der Waals surface area contributed by atoms with E-state index in [-0.39, 0.29) is 0 Å². The fourth-order valence-corrected chi connectivity index (χ4v) is 0.892. The van der Waals surface area contributed by atoms with Crippen LogP contribution in [0.1, 0.15) is 19.3 Å². The van der Waals surface area contributed by atoms with Gasteiger partial charge in [0.1, 0.15) is 6.10 Å². The Hall–Kier alpha value is -0.480. The molecule has 1 nitrogen and oxygen atoms in total. The molecule has 0 aromatic heterocycles. The Morgan fingerprint density at radius 3 is 2.38 bits per heavy atom. The van der Waals surface area contributed by atoms with Gasteiger partial charge in [-0.2, -0.15) is 0 Å². The first-order valence-electron chi connectivity index (χ1n) is 2.99. The Bertz CT molecular complexity index is 108. The van der Waals surface area contributed by atoms with Crippen LogP contribution in [0, 0.1) is 18.3 Å². The molecule has 1 atom stereocenters. The minimum atomic E-state index is -0.469. The van der Waals surface area contributed by atoms with Crippen molar-refractivity contribution in [1.29, 1.82) is 0 Å². The minimum Gasteiger partial charge on any atom is -0.380 e. The van der Waals surface area contributed by atoms with Crippen LogP contribution in [0.15, 0.2) is 0 Å². The third-order valence-electron chi connectivity index (χ3n) is 1.77. The van der Waals surface area contributed by atoms with Crippen LogP contribution in [0.3, 0.4) is 0 Å². The van der Waals surface area contributed by atoms with Crippen LogP contribution in [-0.2, 0) is 0 Å². The second-order valence-electron chi connectivity index (χ2n) is 2.30. The van der Waals surface area contributed by atoms with Crippen LogP contribution >= 0.6 is 0 Å². The molecule has 0 aromatic carbocycles. The van der Waals surface area contributed by atoms with E-state index < -0.39 is 6.10 Å². The highest BCUT2D eigenvalue weighted by Gasteiger charge is 2.23. The van der Waals surface area contributed by atoms with E-state index in [1.807, 2.05) is 0 Å². The smallest absolute Gasteiger partial charge is 0.117 e. The fraction of sp³-hybridized carbons (Fsp3) is 0.714. The molecular formula is C7H10O. The standard InChI is InChI=1S/C7H10O/c1-2-7(8)6-4-3-5-6/h1,6-8H,3-5H2. The van der Waals surface area contributed by atoms with E-state index in [1.165, 1.54) is 6.42 Å². The molecule has 1 unspecified atom stereocenters. The number of rotatable bonds is 1. The maximum Gasteiger partial charge on any atom is 0.117 e. The maximum atomic E-state index is 8.94. The van der Waals surface area contributed by atoms with Gasteiger partial charge in [-0.3, -0.25) is 0 Å². The van der Waals surface area contributed by atoms with Gasteiger partial charge in [0.05, 0.1) is 0 Å². The van der Waals surface area contributed by atoms with Gasteiger partial charge < -0.3 is 5.11 Å². The maximum absolute atomic E-state index is 8.94. The quantitative estimate of drug-likeness (QED) is 0.494. The van der Waals surface area contributed by atoms with Crippen molar-refractivity contribution in [3.8, 4) is 12.3 Å². The molecule has 1 aliphatic carbocycles. The zero-order valence-corrected chi connectivity index (χ0v) is 4.80. The lowest BCUT2D eigenvalue weighted by atomic mass is 9.81. The van der Waals surface area contributed by atoms with Gasteiger partial charge in [0.25, 0.3) is 0 Å². The fourth-order valence-electron chi connectivity index (χ4n) is 0.892. The Labute approximate surface area is 49.7 Å². The van der Waals surface area contributed by atoms with Gasteiger partial charge in [0, 0.05) is 0 Å². The molecule has 0 bridgehead atoms. The molecule has 0 aliphatic heterocycles. The highest BCUT2D eigenvalue weighted by atomic mass is 16.3. The predicted octanol–water partition coefficient (Wildman–Crippen LogP) is 0.781. The van der Waals surface area contributed by atoms with E-state index in [0.29, 0.717) is 5.92 Å². The Morgan fingerprint density at radius 1 is 1.62 bits per heavy atom. The van der Waals surface area contributed by atoms with Crippen molar-refractivity contribution in [2.24, 2.45) is 5.92 Å². The van der Waals surface area contributed by atoms with Gasteiger partial charge >= 0.3 is 0 Å². The van der Waals surface area contributed by atoms with Gasteiger partial charge in [0.2, 0.25) is 0 Å². The molecule has 1 fully saturated rings. The van der Waals surface area contributed by atoms with E-state index >= 15 is 0 Å². The summed E-state index contributed by atoms with van der Waals surface area (Å²) in [4.78, 5) is 0. The largest absolute Gasteiger partial charge is 0.380 e. The normalized spacial score (nSPS) is 23.5. The summed E-state index contributed by atoms with van der Waals surface area (Å²) in [6.45, 7) is 0. The topological polar surface area (TPSA) is 20.2 Å². The molecule has 1 saturated carbocycles. The van der Waals surface area contributed by atoms with E-state index in [9.17, 15) is 0 Å². The second-order valence-corrected chi connectivity index (χ2v) is 2.30. The number of aliphatic hydroxyl groups excluding tert-OH is 1. The van der Waals surface area contributed by atoms with E-state index in [1.54, 1.807) is 0 Å². The predicted molar refractivity (Wildman–Crippen MR) is 32.2 cm³/mol. The molecule has 1 aliphatic rings. The van der Waals surface area contributed by atoms with Crippen molar-refractivity contribution in [2.75, 3.05) is 0 Å². The molecule has 0 amide bonds. The minimum absolute atomic E-state index is 0.417. The first kappa shape index (κ1) is 5.65. The molecule has 0 radical (unpaired) electrons. The Morgan fingerprint density at radius 2 is 2.25 bits per heavy atom. The molecule has 1 heteroatoms. The lowest BCUT2D eigenvalue weighted by molar-refractivity contribution is 0.108. The number of hydrogen-bond acceptors (Lipinski definition) is 1. The molecule has 0 spiro atoms. The monoisotopic (exact) mass is 110 g/mol. The summed E-state index contributed by atoms with van der Waals surface area (Å²) < 4.78 is 0. The number of aliphatic hydroxyl groups is 1. The van der Waals surface area contributed by atoms with Crippen molar-refractivity contribution in [1.82, 2.24) is 0 Å². The first-order chi connectivity index (χ1) is 3.84. The van der Waals surface area contributed by atoms with Crippen LogP contribution < -0.4 is 0 Å². The average Bonchev–Trinajstić information content (AvgIpc) is 1.62. The Kier molecular flexibility index (Phi) is 1.55. The molecule has 1 N–H and O–H groups in total. The highest BCUT2D eigenvalue weighted by molar-refractivity contribution is 4.98. The van der Waals surface area contributed by atoms with Crippen LogP contribution in [0.5, 0.6) is 0 Å². The van der Waals surface area contributed by atoms with Crippen LogP contribution in [0.2, 0.25) is 0 Å². The van der Waals surface area contributed by atoms with E-state index in [4.69, 9.17) is 11.5 Å². The zero-order chi connectivity index (χ0) is 5.98. The summed E-state index contributed by atoms with van der Waals surface area (Å²) in [6, 6.07) is 0. The zero-order valence-electron chi connectivity index (χ0n) is 4.80. The summed E-state index contributed by atoms with van der Waals surface area (Å²) in [6.07, 6.45) is 7.99. The van der Waals surface area contributed by atoms with E-state index in [2.05, 4.69) is 5.92 Å². The lowest BCUT2D eigenvalue weighted by Gasteiger charge is -2.26. The van der Waals surface area contributed by atoms with Crippen molar-refractivity contribution >= 4 is 0 Å². The third-order valence-corrected chi connectivity index (χ3v) is 1.77. The van der Waals surface area contributed by atoms with Gasteiger partial charge in [0.15, 0.2) is 0 Å². The Balaban J connectivity index is 2.26. The number of hydrogen-bond donors (Lipinski definition) is 1. The third kappa shape index (κ3) is 0.850. The lowest BCUT2D eigenvalue weighted by Crippen LogP contribution is -2.24. The van der Waals surface area contributed by atoms with Crippen molar-refractivity contribution in [3.05, 3.63) is 0 Å². The van der Waals surface area contributed by atoms with Gasteiger partial charge in [-0.15, -0.1) is 6.42 Å². The average molecular weight is 110 g/mol. The molecule has 0 heterocycles. The van der Waals surface area contributed by atoms with Gasteiger partial charge in [-0.25, -0.2) is 0 Å². The van der Waals surface area contributed by atoms with Gasteiger partial charge in [-0.1, -0.05) is 12.3 Å². The molecular weight excluding hydrogens is 100 g/mol.